The third kappa shape index (κ3) is 5.92. The molecule has 0 saturated heterocycles. The van der Waals surface area contributed by atoms with Gasteiger partial charge in [-0.2, -0.15) is 0 Å². The molecule has 0 aliphatic rings. The lowest BCUT2D eigenvalue weighted by Gasteiger charge is -2.22. The molecule has 0 bridgehead atoms. The molecular formula is C13H18BrNO4S. The van der Waals surface area contributed by atoms with E-state index < -0.39 is 23.7 Å². The summed E-state index contributed by atoms with van der Waals surface area (Å²) >= 11 is 4.86. The predicted octanol–water partition coefficient (Wildman–Crippen LogP) is 3.12. The number of carbonyl (C=O) groups is 2. The van der Waals surface area contributed by atoms with Crippen LogP contribution < -0.4 is 5.32 Å². The molecule has 0 radical (unpaired) electrons. The van der Waals surface area contributed by atoms with Crippen LogP contribution >= 0.6 is 27.3 Å². The number of thiophene rings is 1. The van der Waals surface area contributed by atoms with E-state index >= 15 is 0 Å². The lowest BCUT2D eigenvalue weighted by atomic mass is 10.2. The number of hydrogen-bond donors (Lipinski definition) is 1. The summed E-state index contributed by atoms with van der Waals surface area (Å²) in [5, 5.41) is 2.54. The minimum Gasteiger partial charge on any atom is -0.467 e. The number of nitrogens with one attached hydrogen (secondary N) is 1. The molecule has 1 aromatic heterocycles. The van der Waals surface area contributed by atoms with Gasteiger partial charge in [-0.05, 0) is 48.8 Å². The first-order chi connectivity index (χ1) is 9.21. The van der Waals surface area contributed by atoms with E-state index in [4.69, 9.17) is 9.47 Å². The Morgan fingerprint density at radius 2 is 2.05 bits per heavy atom. The molecule has 0 aliphatic heterocycles. The largest absolute Gasteiger partial charge is 0.467 e. The second-order valence-corrected chi connectivity index (χ2v) is 7.68. The highest BCUT2D eigenvalue weighted by atomic mass is 79.9. The van der Waals surface area contributed by atoms with Crippen molar-refractivity contribution in [3.8, 4) is 0 Å². The fourth-order valence-corrected chi connectivity index (χ4v) is 2.98. The molecule has 20 heavy (non-hydrogen) atoms. The van der Waals surface area contributed by atoms with Gasteiger partial charge in [-0.15, -0.1) is 11.3 Å². The van der Waals surface area contributed by atoms with Crippen LogP contribution in [0.15, 0.2) is 15.9 Å². The maximum atomic E-state index is 11.7. The van der Waals surface area contributed by atoms with E-state index in [0.29, 0.717) is 6.42 Å². The van der Waals surface area contributed by atoms with Crippen molar-refractivity contribution in [1.82, 2.24) is 5.32 Å². The second kappa shape index (κ2) is 7.08. The standard InChI is InChI=1S/C13H18BrNO4S/c1-13(2,3)19-12(17)15-9(11(16)18-4)7-8-5-6-10(14)20-8/h5-6,9H,7H2,1-4H3,(H,15,17)/t9-/m1/s1. The van der Waals surface area contributed by atoms with Gasteiger partial charge in [-0.3, -0.25) is 0 Å². The number of alkyl carbamates (subject to hydrolysis) is 1. The molecule has 112 valence electrons. The van der Waals surface area contributed by atoms with Gasteiger partial charge < -0.3 is 14.8 Å². The van der Waals surface area contributed by atoms with E-state index in [1.165, 1.54) is 18.4 Å². The number of rotatable bonds is 4. The Bertz CT molecular complexity index is 481. The quantitative estimate of drug-likeness (QED) is 0.834. The van der Waals surface area contributed by atoms with Crippen molar-refractivity contribution in [2.24, 2.45) is 0 Å². The van der Waals surface area contributed by atoms with E-state index in [2.05, 4.69) is 21.2 Å². The van der Waals surface area contributed by atoms with Crippen LogP contribution in [0.25, 0.3) is 0 Å². The number of amides is 1. The summed E-state index contributed by atoms with van der Waals surface area (Å²) in [6.45, 7) is 5.28. The number of ether oxygens (including phenoxy) is 2. The molecule has 0 unspecified atom stereocenters. The average molecular weight is 364 g/mol. The summed E-state index contributed by atoms with van der Waals surface area (Å²) in [4.78, 5) is 24.4. The van der Waals surface area contributed by atoms with Crippen molar-refractivity contribution in [3.63, 3.8) is 0 Å². The monoisotopic (exact) mass is 363 g/mol. The molecule has 0 fully saturated rings. The molecule has 1 amide bonds. The Kier molecular flexibility index (Phi) is 6.01. The van der Waals surface area contributed by atoms with Crippen LogP contribution in [0.1, 0.15) is 25.6 Å². The zero-order valence-electron chi connectivity index (χ0n) is 11.9. The second-order valence-electron chi connectivity index (χ2n) is 5.13. The third-order valence-corrected chi connectivity index (χ3v) is 3.86. The van der Waals surface area contributed by atoms with Gasteiger partial charge in [-0.25, -0.2) is 9.59 Å². The highest BCUT2D eigenvalue weighted by Crippen LogP contribution is 2.23. The third-order valence-electron chi connectivity index (χ3n) is 2.21. The number of halogens is 1. The van der Waals surface area contributed by atoms with Crippen LogP contribution in [0.3, 0.4) is 0 Å². The highest BCUT2D eigenvalue weighted by molar-refractivity contribution is 9.11. The van der Waals surface area contributed by atoms with Gasteiger partial charge >= 0.3 is 12.1 Å². The summed E-state index contributed by atoms with van der Waals surface area (Å²) in [5.41, 5.74) is -0.614. The summed E-state index contributed by atoms with van der Waals surface area (Å²) in [7, 11) is 1.29. The van der Waals surface area contributed by atoms with Crippen LogP contribution in [0.2, 0.25) is 0 Å². The van der Waals surface area contributed by atoms with Crippen LogP contribution in [0, 0.1) is 0 Å². The van der Waals surface area contributed by atoms with E-state index in [0.717, 1.165) is 8.66 Å². The molecule has 7 heteroatoms. The number of carbonyl (C=O) groups excluding carboxylic acids is 2. The van der Waals surface area contributed by atoms with Crippen LogP contribution in [-0.4, -0.2) is 30.8 Å². The maximum absolute atomic E-state index is 11.7. The van der Waals surface area contributed by atoms with E-state index in [1.54, 1.807) is 20.8 Å². The molecule has 0 saturated carbocycles. The zero-order chi connectivity index (χ0) is 15.3. The smallest absolute Gasteiger partial charge is 0.408 e. The maximum Gasteiger partial charge on any atom is 0.408 e. The lowest BCUT2D eigenvalue weighted by Crippen LogP contribution is -2.45. The highest BCUT2D eigenvalue weighted by Gasteiger charge is 2.25. The Labute approximate surface area is 130 Å². The van der Waals surface area contributed by atoms with Crippen molar-refractivity contribution in [3.05, 3.63) is 20.8 Å². The van der Waals surface area contributed by atoms with Crippen LogP contribution in [0.5, 0.6) is 0 Å². The lowest BCUT2D eigenvalue weighted by molar-refractivity contribution is -0.143. The van der Waals surface area contributed by atoms with Gasteiger partial charge in [0, 0.05) is 11.3 Å². The molecule has 1 heterocycles. The van der Waals surface area contributed by atoms with Crippen molar-refractivity contribution in [2.45, 2.75) is 38.8 Å². The van der Waals surface area contributed by atoms with Gasteiger partial charge in [0.25, 0.3) is 0 Å². The Hall–Kier alpha value is -1.08. The fraction of sp³-hybridized carbons (Fsp3) is 0.538. The molecular weight excluding hydrogens is 346 g/mol. The molecule has 1 N–H and O–H groups in total. The topological polar surface area (TPSA) is 64.6 Å². The number of esters is 1. The molecule has 1 aromatic rings. The molecule has 5 nitrogen and oxygen atoms in total. The summed E-state index contributed by atoms with van der Waals surface area (Å²) in [6, 6.07) is 3.02. The summed E-state index contributed by atoms with van der Waals surface area (Å²) in [6.07, 6.45) is -0.272. The summed E-state index contributed by atoms with van der Waals surface area (Å²) < 4.78 is 10.8. The van der Waals surface area contributed by atoms with E-state index in [9.17, 15) is 9.59 Å². The first-order valence-electron chi connectivity index (χ1n) is 6.03. The van der Waals surface area contributed by atoms with Gasteiger partial charge in [0.05, 0.1) is 10.9 Å². The number of hydrogen-bond acceptors (Lipinski definition) is 5. The first kappa shape index (κ1) is 17.0. The summed E-state index contributed by atoms with van der Waals surface area (Å²) in [5.74, 6) is -0.500. The zero-order valence-corrected chi connectivity index (χ0v) is 14.3. The Morgan fingerprint density at radius 3 is 2.50 bits per heavy atom. The van der Waals surface area contributed by atoms with Crippen molar-refractivity contribution in [2.75, 3.05) is 7.11 Å². The van der Waals surface area contributed by atoms with Crippen molar-refractivity contribution < 1.29 is 19.1 Å². The SMILES string of the molecule is COC(=O)[C@@H](Cc1ccc(Br)s1)NC(=O)OC(C)(C)C. The molecule has 0 aromatic carbocycles. The molecule has 0 aliphatic carbocycles. The van der Waals surface area contributed by atoms with E-state index in [1.807, 2.05) is 12.1 Å². The molecule has 1 rings (SSSR count). The molecule has 1 atom stereocenters. The average Bonchev–Trinajstić information content (AvgIpc) is 2.70. The van der Waals surface area contributed by atoms with Crippen LogP contribution in [-0.2, 0) is 20.7 Å². The van der Waals surface area contributed by atoms with Crippen molar-refractivity contribution in [1.29, 1.82) is 0 Å². The van der Waals surface area contributed by atoms with Crippen LogP contribution in [0.4, 0.5) is 4.79 Å². The first-order valence-corrected chi connectivity index (χ1v) is 7.64. The predicted molar refractivity (Wildman–Crippen MR) is 80.9 cm³/mol. The van der Waals surface area contributed by atoms with Gasteiger partial charge in [0.2, 0.25) is 0 Å². The van der Waals surface area contributed by atoms with Gasteiger partial charge in [-0.1, -0.05) is 0 Å². The van der Waals surface area contributed by atoms with Gasteiger partial charge in [0.1, 0.15) is 11.6 Å². The number of methoxy groups -OCH3 is 1. The van der Waals surface area contributed by atoms with Gasteiger partial charge in [0.15, 0.2) is 0 Å². The van der Waals surface area contributed by atoms with Crippen molar-refractivity contribution >= 4 is 39.3 Å². The van der Waals surface area contributed by atoms with E-state index in [-0.39, 0.29) is 0 Å². The Morgan fingerprint density at radius 1 is 1.40 bits per heavy atom. The molecule has 0 spiro atoms. The minimum absolute atomic E-state index is 0.363. The Balaban J connectivity index is 2.70. The fourth-order valence-electron chi connectivity index (χ4n) is 1.45. The normalized spacial score (nSPS) is 12.7. The minimum atomic E-state index is -0.764.